The van der Waals surface area contributed by atoms with E-state index < -0.39 is 0 Å². The minimum Gasteiger partial charge on any atom is -0.324 e. The molecule has 1 heterocycles. The Morgan fingerprint density at radius 2 is 1.91 bits per heavy atom. The minimum atomic E-state index is -0.0200. The number of carbonyl (C=O) groups excluding carboxylic acids is 1. The first-order valence-corrected chi connectivity index (χ1v) is 8.06. The van der Waals surface area contributed by atoms with Gasteiger partial charge in [-0.25, -0.2) is 0 Å². The third-order valence-corrected chi connectivity index (χ3v) is 3.96. The van der Waals surface area contributed by atoms with Crippen LogP contribution in [-0.4, -0.2) is 16.1 Å². The molecular weight excluding hydrogens is 286 g/mol. The molecule has 0 aliphatic rings. The topological polar surface area (TPSA) is 57.8 Å². The minimum absolute atomic E-state index is 0.0200. The first-order chi connectivity index (χ1) is 11.3. The molecule has 1 amide bonds. The Bertz CT molecular complexity index is 790. The van der Waals surface area contributed by atoms with Crippen LogP contribution in [0.25, 0.3) is 10.9 Å². The number of hydrogen-bond acceptors (Lipinski definition) is 2. The van der Waals surface area contributed by atoms with E-state index in [4.69, 9.17) is 0 Å². The zero-order valence-corrected chi connectivity index (χ0v) is 13.3. The van der Waals surface area contributed by atoms with Crippen molar-refractivity contribution in [3.63, 3.8) is 0 Å². The van der Waals surface area contributed by atoms with Gasteiger partial charge in [0.05, 0.1) is 23.8 Å². The lowest BCUT2D eigenvalue weighted by Gasteiger charge is -2.07. The van der Waals surface area contributed by atoms with Crippen molar-refractivity contribution >= 4 is 22.5 Å². The van der Waals surface area contributed by atoms with Gasteiger partial charge in [0, 0.05) is 5.39 Å². The molecular formula is C19H21N3O. The normalized spacial score (nSPS) is 10.8. The van der Waals surface area contributed by atoms with Crippen molar-refractivity contribution < 1.29 is 4.79 Å². The van der Waals surface area contributed by atoms with Crippen molar-refractivity contribution in [2.45, 2.75) is 32.6 Å². The zero-order valence-electron chi connectivity index (χ0n) is 13.3. The predicted octanol–water partition coefficient (Wildman–Crippen LogP) is 4.09. The van der Waals surface area contributed by atoms with E-state index in [-0.39, 0.29) is 5.91 Å². The fourth-order valence-corrected chi connectivity index (χ4v) is 2.66. The second-order valence-corrected chi connectivity index (χ2v) is 5.78. The maximum atomic E-state index is 12.3. The molecule has 4 heteroatoms. The molecule has 23 heavy (non-hydrogen) atoms. The Morgan fingerprint density at radius 3 is 2.70 bits per heavy atom. The van der Waals surface area contributed by atoms with Crippen LogP contribution in [0.5, 0.6) is 0 Å². The highest BCUT2D eigenvalue weighted by Crippen LogP contribution is 2.20. The van der Waals surface area contributed by atoms with Crippen LogP contribution in [0.2, 0.25) is 0 Å². The summed E-state index contributed by atoms with van der Waals surface area (Å²) >= 11 is 0. The average Bonchev–Trinajstić information content (AvgIpc) is 3.04. The van der Waals surface area contributed by atoms with Gasteiger partial charge in [-0.3, -0.25) is 9.89 Å². The van der Waals surface area contributed by atoms with E-state index in [1.54, 1.807) is 6.20 Å². The fraction of sp³-hybridized carbons (Fsp3) is 0.263. The summed E-state index contributed by atoms with van der Waals surface area (Å²) in [5.74, 6) is -0.0200. The maximum Gasteiger partial charge on any atom is 0.228 e. The molecule has 0 aliphatic heterocycles. The van der Waals surface area contributed by atoms with Gasteiger partial charge < -0.3 is 5.32 Å². The first kappa shape index (κ1) is 15.3. The number of aromatic amines is 1. The number of nitrogens with zero attached hydrogens (tertiary/aromatic N) is 1. The van der Waals surface area contributed by atoms with Crippen molar-refractivity contribution in [3.8, 4) is 0 Å². The second kappa shape index (κ2) is 7.09. The number of benzene rings is 2. The number of H-pyrrole nitrogens is 1. The van der Waals surface area contributed by atoms with Crippen LogP contribution in [0.15, 0.2) is 48.7 Å². The predicted molar refractivity (Wildman–Crippen MR) is 93.5 cm³/mol. The molecule has 2 N–H and O–H groups in total. The highest BCUT2D eigenvalue weighted by atomic mass is 16.1. The molecule has 3 aromatic rings. The lowest BCUT2D eigenvalue weighted by atomic mass is 10.0. The third kappa shape index (κ3) is 3.77. The summed E-state index contributed by atoms with van der Waals surface area (Å²) in [6, 6.07) is 14.1. The molecule has 118 valence electrons. The van der Waals surface area contributed by atoms with Crippen LogP contribution < -0.4 is 5.32 Å². The van der Waals surface area contributed by atoms with Gasteiger partial charge in [-0.15, -0.1) is 0 Å². The van der Waals surface area contributed by atoms with Crippen LogP contribution in [0.3, 0.4) is 0 Å². The zero-order chi connectivity index (χ0) is 16.1. The SMILES string of the molecule is CCCCc1ccc(CC(=O)Nc2cccc3cn[nH]c23)cc1. The molecule has 0 fully saturated rings. The molecule has 0 bridgehead atoms. The van der Waals surface area contributed by atoms with Crippen LogP contribution in [0, 0.1) is 0 Å². The largest absolute Gasteiger partial charge is 0.324 e. The van der Waals surface area contributed by atoms with Gasteiger partial charge in [-0.2, -0.15) is 5.10 Å². The quantitative estimate of drug-likeness (QED) is 0.720. The van der Waals surface area contributed by atoms with E-state index in [2.05, 4.69) is 34.6 Å². The molecule has 1 aromatic heterocycles. The van der Waals surface area contributed by atoms with Crippen molar-refractivity contribution in [1.29, 1.82) is 0 Å². The number of anilines is 1. The lowest BCUT2D eigenvalue weighted by Crippen LogP contribution is -2.14. The van der Waals surface area contributed by atoms with Crippen LogP contribution >= 0.6 is 0 Å². The van der Waals surface area contributed by atoms with Crippen molar-refractivity contribution in [1.82, 2.24) is 10.2 Å². The summed E-state index contributed by atoms with van der Waals surface area (Å²) in [5.41, 5.74) is 3.98. The van der Waals surface area contributed by atoms with Gasteiger partial charge in [-0.05, 0) is 30.0 Å². The third-order valence-electron chi connectivity index (χ3n) is 3.96. The Kier molecular flexibility index (Phi) is 4.71. The molecule has 2 aromatic carbocycles. The van der Waals surface area contributed by atoms with Gasteiger partial charge in [0.25, 0.3) is 0 Å². The van der Waals surface area contributed by atoms with E-state index >= 15 is 0 Å². The molecule has 0 unspecified atom stereocenters. The number of hydrogen-bond donors (Lipinski definition) is 2. The molecule has 0 radical (unpaired) electrons. The molecule has 3 rings (SSSR count). The molecule has 0 saturated carbocycles. The van der Waals surface area contributed by atoms with Gasteiger partial charge in [0.1, 0.15) is 0 Å². The number of fused-ring (bicyclic) bond motifs is 1. The number of carbonyl (C=O) groups is 1. The molecule has 0 atom stereocenters. The number of aryl methyl sites for hydroxylation is 1. The van der Waals surface area contributed by atoms with E-state index in [1.807, 2.05) is 30.3 Å². The van der Waals surface area contributed by atoms with Gasteiger partial charge in [0.2, 0.25) is 5.91 Å². The standard InChI is InChI=1S/C19H21N3O/c1-2-3-5-14-8-10-15(11-9-14)12-18(23)21-17-7-4-6-16-13-20-22-19(16)17/h4,6-11,13H,2-3,5,12H2,1H3,(H,20,22)(H,21,23). The van der Waals surface area contributed by atoms with Crippen molar-refractivity contribution in [2.75, 3.05) is 5.32 Å². The Balaban J connectivity index is 1.64. The summed E-state index contributed by atoms with van der Waals surface area (Å²) in [6.45, 7) is 2.19. The van der Waals surface area contributed by atoms with E-state index in [0.29, 0.717) is 6.42 Å². The number of unbranched alkanes of at least 4 members (excludes halogenated alkanes) is 1. The Morgan fingerprint density at radius 1 is 1.13 bits per heavy atom. The Labute approximate surface area is 135 Å². The summed E-state index contributed by atoms with van der Waals surface area (Å²) in [6.07, 6.45) is 5.63. The highest BCUT2D eigenvalue weighted by Gasteiger charge is 2.08. The number of aromatic nitrogens is 2. The van der Waals surface area contributed by atoms with Crippen molar-refractivity contribution in [2.24, 2.45) is 0 Å². The summed E-state index contributed by atoms with van der Waals surface area (Å²) in [5, 5.41) is 10.9. The fourth-order valence-electron chi connectivity index (χ4n) is 2.66. The molecule has 4 nitrogen and oxygen atoms in total. The monoisotopic (exact) mass is 307 g/mol. The number of para-hydroxylation sites is 1. The maximum absolute atomic E-state index is 12.3. The average molecular weight is 307 g/mol. The van der Waals surface area contributed by atoms with Crippen LogP contribution in [0.1, 0.15) is 30.9 Å². The molecule has 0 spiro atoms. The number of amides is 1. The van der Waals surface area contributed by atoms with Crippen LogP contribution in [0.4, 0.5) is 5.69 Å². The number of rotatable bonds is 6. The van der Waals surface area contributed by atoms with Gasteiger partial charge in [-0.1, -0.05) is 49.7 Å². The van der Waals surface area contributed by atoms with Gasteiger partial charge >= 0.3 is 0 Å². The molecule has 0 aliphatic carbocycles. The van der Waals surface area contributed by atoms with Crippen LogP contribution in [-0.2, 0) is 17.6 Å². The van der Waals surface area contributed by atoms with E-state index in [0.717, 1.165) is 28.6 Å². The van der Waals surface area contributed by atoms with E-state index in [1.165, 1.54) is 18.4 Å². The summed E-state index contributed by atoms with van der Waals surface area (Å²) < 4.78 is 0. The van der Waals surface area contributed by atoms with Crippen molar-refractivity contribution in [3.05, 3.63) is 59.8 Å². The lowest BCUT2D eigenvalue weighted by molar-refractivity contribution is -0.115. The summed E-state index contributed by atoms with van der Waals surface area (Å²) in [7, 11) is 0. The summed E-state index contributed by atoms with van der Waals surface area (Å²) in [4.78, 5) is 12.3. The second-order valence-electron chi connectivity index (χ2n) is 5.78. The molecule has 0 saturated heterocycles. The Hall–Kier alpha value is -2.62. The first-order valence-electron chi connectivity index (χ1n) is 8.06. The van der Waals surface area contributed by atoms with E-state index in [9.17, 15) is 4.79 Å². The smallest absolute Gasteiger partial charge is 0.228 e. The number of nitrogens with one attached hydrogen (secondary N) is 2. The van der Waals surface area contributed by atoms with Gasteiger partial charge in [0.15, 0.2) is 0 Å². The highest BCUT2D eigenvalue weighted by molar-refractivity contribution is 6.00.